The molecule has 0 aromatic heterocycles. The number of ether oxygens (including phenoxy) is 1. The molecule has 2 fully saturated rings. The third-order valence-electron chi connectivity index (χ3n) is 5.58. The zero-order valence-electron chi connectivity index (χ0n) is 14.4. The molecular formula is C19H26N2O3. The Bertz CT molecular complexity index is 616. The first-order valence-corrected chi connectivity index (χ1v) is 8.78. The summed E-state index contributed by atoms with van der Waals surface area (Å²) in [6.07, 6.45) is 5.06. The SMILES string of the molecule is CO[C@@H](C)c1cccc(NC(=O)C(=O)NC[C@@H]2C[C@H]3CC[C@H]2C3)c1. The Hall–Kier alpha value is -1.88. The summed E-state index contributed by atoms with van der Waals surface area (Å²) < 4.78 is 5.27. The number of benzene rings is 1. The van der Waals surface area contributed by atoms with Crippen molar-refractivity contribution in [2.75, 3.05) is 19.0 Å². The smallest absolute Gasteiger partial charge is 0.313 e. The first kappa shape index (κ1) is 17.0. The highest BCUT2D eigenvalue weighted by Gasteiger charge is 2.39. The monoisotopic (exact) mass is 330 g/mol. The van der Waals surface area contributed by atoms with Crippen molar-refractivity contribution in [2.24, 2.45) is 17.8 Å². The van der Waals surface area contributed by atoms with Gasteiger partial charge in [-0.25, -0.2) is 0 Å². The van der Waals surface area contributed by atoms with Gasteiger partial charge in [-0.2, -0.15) is 0 Å². The minimum Gasteiger partial charge on any atom is -0.377 e. The average Bonchev–Trinajstić information content (AvgIpc) is 3.22. The van der Waals surface area contributed by atoms with Crippen molar-refractivity contribution in [2.45, 2.75) is 38.7 Å². The number of methoxy groups -OCH3 is 1. The molecular weight excluding hydrogens is 304 g/mol. The van der Waals surface area contributed by atoms with Crippen molar-refractivity contribution in [3.05, 3.63) is 29.8 Å². The van der Waals surface area contributed by atoms with Crippen LogP contribution in [0.5, 0.6) is 0 Å². The highest BCUT2D eigenvalue weighted by Crippen LogP contribution is 2.47. The molecule has 2 saturated carbocycles. The van der Waals surface area contributed by atoms with Crippen LogP contribution >= 0.6 is 0 Å². The molecule has 2 amide bonds. The Morgan fingerprint density at radius 1 is 1.25 bits per heavy atom. The average molecular weight is 330 g/mol. The second-order valence-corrected chi connectivity index (χ2v) is 7.10. The maximum Gasteiger partial charge on any atom is 0.313 e. The van der Waals surface area contributed by atoms with E-state index in [1.54, 1.807) is 13.2 Å². The maximum atomic E-state index is 12.1. The number of anilines is 1. The van der Waals surface area contributed by atoms with Gasteiger partial charge in [0.25, 0.3) is 0 Å². The zero-order chi connectivity index (χ0) is 17.1. The Balaban J connectivity index is 1.50. The standard InChI is InChI=1S/C19H26N2O3/c1-12(24-2)14-4-3-5-17(10-14)21-19(23)18(22)20-11-16-9-13-6-7-15(16)8-13/h3-5,10,12-13,15-16H,6-9,11H2,1-2H3,(H,20,22)(H,21,23)/t12-,13-,15-,16-/m0/s1. The van der Waals surface area contributed by atoms with E-state index in [4.69, 9.17) is 4.74 Å². The molecule has 0 aliphatic heterocycles. The van der Waals surface area contributed by atoms with Crippen LogP contribution in [-0.2, 0) is 14.3 Å². The molecule has 2 aliphatic carbocycles. The fraction of sp³-hybridized carbons (Fsp3) is 0.579. The van der Waals surface area contributed by atoms with Crippen LogP contribution in [0.15, 0.2) is 24.3 Å². The van der Waals surface area contributed by atoms with Gasteiger partial charge >= 0.3 is 11.8 Å². The first-order chi connectivity index (χ1) is 11.6. The predicted octanol–water partition coefficient (Wildman–Crippen LogP) is 2.88. The molecule has 24 heavy (non-hydrogen) atoms. The molecule has 0 radical (unpaired) electrons. The van der Waals surface area contributed by atoms with Crippen molar-refractivity contribution in [3.8, 4) is 0 Å². The summed E-state index contributed by atoms with van der Waals surface area (Å²) in [5, 5.41) is 5.47. The summed E-state index contributed by atoms with van der Waals surface area (Å²) in [6, 6.07) is 7.37. The third-order valence-corrected chi connectivity index (χ3v) is 5.58. The lowest BCUT2D eigenvalue weighted by Crippen LogP contribution is -2.39. The predicted molar refractivity (Wildman–Crippen MR) is 92.4 cm³/mol. The number of carbonyl (C=O) groups is 2. The number of hydrogen-bond acceptors (Lipinski definition) is 3. The van der Waals surface area contributed by atoms with Crippen LogP contribution in [-0.4, -0.2) is 25.5 Å². The molecule has 0 spiro atoms. The van der Waals surface area contributed by atoms with Crippen molar-refractivity contribution in [1.82, 2.24) is 5.32 Å². The summed E-state index contributed by atoms with van der Waals surface area (Å²) in [6.45, 7) is 2.55. The molecule has 4 atom stereocenters. The molecule has 2 N–H and O–H groups in total. The van der Waals surface area contributed by atoms with Gasteiger partial charge in [0.2, 0.25) is 0 Å². The van der Waals surface area contributed by atoms with Crippen molar-refractivity contribution in [1.29, 1.82) is 0 Å². The van der Waals surface area contributed by atoms with E-state index in [1.807, 2.05) is 25.1 Å². The van der Waals surface area contributed by atoms with Gasteiger partial charge in [0.1, 0.15) is 0 Å². The summed E-state index contributed by atoms with van der Waals surface area (Å²) in [5.74, 6) is 0.969. The van der Waals surface area contributed by atoms with Gasteiger partial charge < -0.3 is 15.4 Å². The van der Waals surface area contributed by atoms with E-state index in [2.05, 4.69) is 10.6 Å². The fourth-order valence-corrected chi connectivity index (χ4v) is 4.12. The molecule has 2 bridgehead atoms. The Morgan fingerprint density at radius 3 is 2.75 bits per heavy atom. The van der Waals surface area contributed by atoms with Crippen LogP contribution in [0.25, 0.3) is 0 Å². The molecule has 1 aromatic carbocycles. The van der Waals surface area contributed by atoms with Crippen LogP contribution in [0, 0.1) is 17.8 Å². The number of nitrogens with one attached hydrogen (secondary N) is 2. The van der Waals surface area contributed by atoms with Crippen LogP contribution < -0.4 is 10.6 Å². The summed E-state index contributed by atoms with van der Waals surface area (Å²) in [4.78, 5) is 24.1. The van der Waals surface area contributed by atoms with Gasteiger partial charge in [0, 0.05) is 19.3 Å². The zero-order valence-corrected chi connectivity index (χ0v) is 14.4. The minimum atomic E-state index is -0.611. The highest BCUT2D eigenvalue weighted by atomic mass is 16.5. The molecule has 2 aliphatic rings. The second kappa shape index (κ2) is 7.34. The van der Waals surface area contributed by atoms with E-state index in [0.717, 1.165) is 17.4 Å². The van der Waals surface area contributed by atoms with Gasteiger partial charge in [0.05, 0.1) is 6.10 Å². The Kier molecular flexibility index (Phi) is 5.19. The van der Waals surface area contributed by atoms with Gasteiger partial charge in [-0.3, -0.25) is 9.59 Å². The molecule has 3 rings (SSSR count). The van der Waals surface area contributed by atoms with Crippen LogP contribution in [0.1, 0.15) is 44.3 Å². The van der Waals surface area contributed by atoms with Crippen molar-refractivity contribution < 1.29 is 14.3 Å². The third kappa shape index (κ3) is 3.78. The van der Waals surface area contributed by atoms with Gasteiger partial charge in [0.15, 0.2) is 0 Å². The molecule has 130 valence electrons. The van der Waals surface area contributed by atoms with Crippen LogP contribution in [0.4, 0.5) is 5.69 Å². The number of rotatable bonds is 5. The molecule has 0 saturated heterocycles. The van der Waals surface area contributed by atoms with E-state index < -0.39 is 11.8 Å². The maximum absolute atomic E-state index is 12.1. The number of carbonyl (C=O) groups excluding carboxylic acids is 2. The largest absolute Gasteiger partial charge is 0.377 e. The molecule has 5 nitrogen and oxygen atoms in total. The normalized spacial score (nSPS) is 26.2. The Labute approximate surface area is 143 Å². The molecule has 0 unspecified atom stereocenters. The van der Waals surface area contributed by atoms with E-state index in [0.29, 0.717) is 18.2 Å². The molecule has 5 heteroatoms. The summed E-state index contributed by atoms with van der Waals surface area (Å²) >= 11 is 0. The minimum absolute atomic E-state index is 0.0616. The number of amides is 2. The lowest BCUT2D eigenvalue weighted by Gasteiger charge is -2.21. The van der Waals surface area contributed by atoms with Gasteiger partial charge in [-0.1, -0.05) is 18.6 Å². The highest BCUT2D eigenvalue weighted by molar-refractivity contribution is 6.39. The van der Waals surface area contributed by atoms with E-state index >= 15 is 0 Å². The second-order valence-electron chi connectivity index (χ2n) is 7.10. The van der Waals surface area contributed by atoms with Crippen LogP contribution in [0.2, 0.25) is 0 Å². The molecule has 1 aromatic rings. The Morgan fingerprint density at radius 2 is 2.08 bits per heavy atom. The van der Waals surface area contributed by atoms with Crippen molar-refractivity contribution in [3.63, 3.8) is 0 Å². The van der Waals surface area contributed by atoms with E-state index in [-0.39, 0.29) is 6.10 Å². The van der Waals surface area contributed by atoms with E-state index in [9.17, 15) is 9.59 Å². The fourth-order valence-electron chi connectivity index (χ4n) is 4.12. The first-order valence-electron chi connectivity index (χ1n) is 8.78. The number of hydrogen-bond donors (Lipinski definition) is 2. The number of fused-ring (bicyclic) bond motifs is 2. The summed E-state index contributed by atoms with van der Waals surface area (Å²) in [7, 11) is 1.64. The quantitative estimate of drug-likeness (QED) is 0.816. The van der Waals surface area contributed by atoms with Crippen LogP contribution in [0.3, 0.4) is 0 Å². The lowest BCUT2D eigenvalue weighted by molar-refractivity contribution is -0.136. The van der Waals surface area contributed by atoms with Gasteiger partial charge in [-0.15, -0.1) is 0 Å². The summed E-state index contributed by atoms with van der Waals surface area (Å²) in [5.41, 5.74) is 1.56. The van der Waals surface area contributed by atoms with Crippen molar-refractivity contribution >= 4 is 17.5 Å². The van der Waals surface area contributed by atoms with Gasteiger partial charge in [-0.05, 0) is 61.6 Å². The van der Waals surface area contributed by atoms with E-state index in [1.165, 1.54) is 25.7 Å². The lowest BCUT2D eigenvalue weighted by atomic mass is 9.89. The molecule has 0 heterocycles. The topological polar surface area (TPSA) is 67.4 Å².